The van der Waals surface area contributed by atoms with Gasteiger partial charge in [0, 0.05) is 30.6 Å². The van der Waals surface area contributed by atoms with Crippen LogP contribution < -0.4 is 10.6 Å². The van der Waals surface area contributed by atoms with Crippen LogP contribution in [0.1, 0.15) is 56.9 Å². The highest BCUT2D eigenvalue weighted by molar-refractivity contribution is 5.78. The van der Waals surface area contributed by atoms with Crippen molar-refractivity contribution in [1.29, 1.82) is 0 Å². The van der Waals surface area contributed by atoms with Gasteiger partial charge in [-0.1, -0.05) is 37.5 Å². The lowest BCUT2D eigenvalue weighted by atomic mass is 9.84. The molecule has 3 heteroatoms. The van der Waals surface area contributed by atoms with Crippen molar-refractivity contribution in [3.05, 3.63) is 29.8 Å². The highest BCUT2D eigenvalue weighted by atomic mass is 16.1. The Balaban J connectivity index is 1.53. The fourth-order valence-corrected chi connectivity index (χ4v) is 3.83. The SMILES string of the molecule is CC(NC(=O)CC1CNc2ccccc21)C1CCCCC1. The largest absolute Gasteiger partial charge is 0.384 e. The Bertz CT molecular complexity index is 494. The Morgan fingerprint density at radius 1 is 1.29 bits per heavy atom. The van der Waals surface area contributed by atoms with Gasteiger partial charge in [-0.15, -0.1) is 0 Å². The van der Waals surface area contributed by atoms with E-state index in [2.05, 4.69) is 35.8 Å². The predicted molar refractivity (Wildman–Crippen MR) is 86.5 cm³/mol. The number of nitrogens with one attached hydrogen (secondary N) is 2. The number of carbonyl (C=O) groups is 1. The molecule has 0 radical (unpaired) electrons. The first-order valence-corrected chi connectivity index (χ1v) is 8.36. The number of amides is 1. The molecule has 1 heterocycles. The Hall–Kier alpha value is -1.51. The summed E-state index contributed by atoms with van der Waals surface area (Å²) in [5.41, 5.74) is 2.48. The van der Waals surface area contributed by atoms with E-state index in [9.17, 15) is 4.79 Å². The Kier molecular flexibility index (Phi) is 4.47. The summed E-state index contributed by atoms with van der Waals surface area (Å²) < 4.78 is 0. The number of hydrogen-bond donors (Lipinski definition) is 2. The molecule has 0 saturated heterocycles. The lowest BCUT2D eigenvalue weighted by molar-refractivity contribution is -0.122. The minimum absolute atomic E-state index is 0.205. The summed E-state index contributed by atoms with van der Waals surface area (Å²) in [6, 6.07) is 8.65. The molecular formula is C18H26N2O. The molecule has 2 N–H and O–H groups in total. The molecule has 114 valence electrons. The maximum Gasteiger partial charge on any atom is 0.220 e. The molecule has 1 amide bonds. The highest BCUT2D eigenvalue weighted by Crippen LogP contribution is 2.33. The van der Waals surface area contributed by atoms with E-state index in [-0.39, 0.29) is 5.91 Å². The van der Waals surface area contributed by atoms with Crippen LogP contribution in [0.3, 0.4) is 0 Å². The molecule has 1 aromatic rings. The molecule has 1 saturated carbocycles. The van der Waals surface area contributed by atoms with Crippen LogP contribution in [-0.4, -0.2) is 18.5 Å². The summed E-state index contributed by atoms with van der Waals surface area (Å²) >= 11 is 0. The van der Waals surface area contributed by atoms with Gasteiger partial charge in [-0.2, -0.15) is 0 Å². The predicted octanol–water partition coefficient (Wildman–Crippen LogP) is 3.67. The van der Waals surface area contributed by atoms with E-state index in [1.165, 1.54) is 43.4 Å². The van der Waals surface area contributed by atoms with Gasteiger partial charge in [0.15, 0.2) is 0 Å². The maximum atomic E-state index is 12.3. The number of hydrogen-bond acceptors (Lipinski definition) is 2. The standard InChI is InChI=1S/C18H26N2O/c1-13(14-7-3-2-4-8-14)20-18(21)11-15-12-19-17-10-6-5-9-16(15)17/h5-6,9-10,13-15,19H,2-4,7-8,11-12H2,1H3,(H,20,21). The molecular weight excluding hydrogens is 260 g/mol. The highest BCUT2D eigenvalue weighted by Gasteiger charge is 2.26. The zero-order valence-electron chi connectivity index (χ0n) is 12.9. The van der Waals surface area contributed by atoms with Crippen molar-refractivity contribution in [3.8, 4) is 0 Å². The molecule has 1 aliphatic heterocycles. The maximum absolute atomic E-state index is 12.3. The van der Waals surface area contributed by atoms with Gasteiger partial charge in [-0.25, -0.2) is 0 Å². The number of benzene rings is 1. The van der Waals surface area contributed by atoms with Crippen molar-refractivity contribution in [2.24, 2.45) is 5.92 Å². The number of rotatable bonds is 4. The van der Waals surface area contributed by atoms with Crippen molar-refractivity contribution >= 4 is 11.6 Å². The second-order valence-electron chi connectivity index (χ2n) is 6.62. The van der Waals surface area contributed by atoms with Gasteiger partial charge in [-0.05, 0) is 37.3 Å². The van der Waals surface area contributed by atoms with Crippen LogP contribution in [-0.2, 0) is 4.79 Å². The molecule has 1 aliphatic carbocycles. The normalized spacial score (nSPS) is 23.2. The first-order valence-electron chi connectivity index (χ1n) is 8.36. The van der Waals surface area contributed by atoms with E-state index in [1.54, 1.807) is 0 Å². The quantitative estimate of drug-likeness (QED) is 0.886. The third-order valence-electron chi connectivity index (χ3n) is 5.12. The summed E-state index contributed by atoms with van der Waals surface area (Å²) in [5.74, 6) is 1.20. The van der Waals surface area contributed by atoms with Gasteiger partial charge in [0.25, 0.3) is 0 Å². The van der Waals surface area contributed by atoms with Crippen molar-refractivity contribution in [3.63, 3.8) is 0 Å². The van der Waals surface area contributed by atoms with Gasteiger partial charge in [0.1, 0.15) is 0 Å². The van der Waals surface area contributed by atoms with Gasteiger partial charge in [0.2, 0.25) is 5.91 Å². The lowest BCUT2D eigenvalue weighted by Gasteiger charge is -2.28. The number of para-hydroxylation sites is 1. The molecule has 2 unspecified atom stereocenters. The van der Waals surface area contributed by atoms with E-state index >= 15 is 0 Å². The molecule has 21 heavy (non-hydrogen) atoms. The smallest absolute Gasteiger partial charge is 0.220 e. The van der Waals surface area contributed by atoms with Crippen LogP contribution in [0.5, 0.6) is 0 Å². The van der Waals surface area contributed by atoms with Crippen molar-refractivity contribution < 1.29 is 4.79 Å². The fourth-order valence-electron chi connectivity index (χ4n) is 3.83. The Morgan fingerprint density at radius 2 is 2.05 bits per heavy atom. The number of carbonyl (C=O) groups excluding carboxylic acids is 1. The third kappa shape index (κ3) is 3.39. The van der Waals surface area contributed by atoms with Gasteiger partial charge in [-0.3, -0.25) is 4.79 Å². The molecule has 0 bridgehead atoms. The third-order valence-corrected chi connectivity index (χ3v) is 5.12. The molecule has 3 rings (SSSR count). The fraction of sp³-hybridized carbons (Fsp3) is 0.611. The van der Waals surface area contributed by atoms with E-state index in [0.717, 1.165) is 6.54 Å². The van der Waals surface area contributed by atoms with Crippen LogP contribution in [0, 0.1) is 5.92 Å². The second-order valence-corrected chi connectivity index (χ2v) is 6.62. The van der Waals surface area contributed by atoms with Gasteiger partial charge < -0.3 is 10.6 Å². The first kappa shape index (κ1) is 14.4. The van der Waals surface area contributed by atoms with Crippen LogP contribution in [0.25, 0.3) is 0 Å². The molecule has 0 spiro atoms. The Morgan fingerprint density at radius 3 is 2.86 bits per heavy atom. The van der Waals surface area contributed by atoms with Crippen molar-refractivity contribution in [2.75, 3.05) is 11.9 Å². The van der Waals surface area contributed by atoms with E-state index < -0.39 is 0 Å². The average molecular weight is 286 g/mol. The van der Waals surface area contributed by atoms with E-state index in [4.69, 9.17) is 0 Å². The van der Waals surface area contributed by atoms with Gasteiger partial charge in [0.05, 0.1) is 0 Å². The van der Waals surface area contributed by atoms with E-state index in [0.29, 0.717) is 24.3 Å². The molecule has 0 aromatic heterocycles. The van der Waals surface area contributed by atoms with E-state index in [1.807, 2.05) is 6.07 Å². The molecule has 3 nitrogen and oxygen atoms in total. The van der Waals surface area contributed by atoms with Crippen LogP contribution in [0.2, 0.25) is 0 Å². The number of fused-ring (bicyclic) bond motifs is 1. The lowest BCUT2D eigenvalue weighted by Crippen LogP contribution is -2.39. The van der Waals surface area contributed by atoms with Crippen LogP contribution in [0.4, 0.5) is 5.69 Å². The minimum Gasteiger partial charge on any atom is -0.384 e. The molecule has 1 fully saturated rings. The summed E-state index contributed by atoms with van der Waals surface area (Å²) in [6.45, 7) is 3.05. The summed E-state index contributed by atoms with van der Waals surface area (Å²) in [5, 5.41) is 6.63. The van der Waals surface area contributed by atoms with Crippen molar-refractivity contribution in [2.45, 2.75) is 57.4 Å². The monoisotopic (exact) mass is 286 g/mol. The Labute approximate surface area is 127 Å². The minimum atomic E-state index is 0.205. The molecule has 1 aromatic carbocycles. The first-order chi connectivity index (χ1) is 10.2. The summed E-state index contributed by atoms with van der Waals surface area (Å²) in [4.78, 5) is 12.3. The second kappa shape index (κ2) is 6.50. The topological polar surface area (TPSA) is 41.1 Å². The van der Waals surface area contributed by atoms with Crippen LogP contribution in [0.15, 0.2) is 24.3 Å². The average Bonchev–Trinajstić information content (AvgIpc) is 2.91. The van der Waals surface area contributed by atoms with Gasteiger partial charge >= 0.3 is 0 Å². The molecule has 2 aliphatic rings. The summed E-state index contributed by atoms with van der Waals surface area (Å²) in [7, 11) is 0. The zero-order valence-corrected chi connectivity index (χ0v) is 12.9. The number of anilines is 1. The zero-order chi connectivity index (χ0) is 14.7. The summed E-state index contributed by atoms with van der Waals surface area (Å²) in [6.07, 6.45) is 7.16. The van der Waals surface area contributed by atoms with Crippen LogP contribution >= 0.6 is 0 Å². The van der Waals surface area contributed by atoms with Crippen molar-refractivity contribution in [1.82, 2.24) is 5.32 Å². The molecule has 2 atom stereocenters.